The Labute approximate surface area is 62.9 Å². The van der Waals surface area contributed by atoms with Gasteiger partial charge in [-0.3, -0.25) is 0 Å². The summed E-state index contributed by atoms with van der Waals surface area (Å²) in [6, 6.07) is 1.79. The van der Waals surface area contributed by atoms with Gasteiger partial charge in [0.15, 0.2) is 0 Å². The first-order valence-electron chi connectivity index (χ1n) is 2.63. The zero-order valence-corrected chi connectivity index (χ0v) is 6.54. The predicted octanol–water partition coefficient (Wildman–Crippen LogP) is 2.45. The molecule has 50 valence electrons. The Kier molecular flexibility index (Phi) is 2.11. The summed E-state index contributed by atoms with van der Waals surface area (Å²) in [5, 5.41) is 11.5. The van der Waals surface area contributed by atoms with E-state index in [0.29, 0.717) is 5.02 Å². The van der Waals surface area contributed by atoms with E-state index in [4.69, 9.17) is 16.7 Å². The van der Waals surface area contributed by atoms with Gasteiger partial charge in [-0.1, -0.05) is 11.6 Å². The van der Waals surface area contributed by atoms with Gasteiger partial charge in [-0.05, 0) is 18.4 Å². The summed E-state index contributed by atoms with van der Waals surface area (Å²) in [4.78, 5) is 0.844. The lowest BCUT2D eigenvalue weighted by molar-refractivity contribution is 0.203. The highest BCUT2D eigenvalue weighted by atomic mass is 35.5. The fourth-order valence-electron chi connectivity index (χ4n) is 0.604. The fraction of sp³-hybridized carbons (Fsp3) is 0.333. The van der Waals surface area contributed by atoms with Crippen molar-refractivity contribution in [3.63, 3.8) is 0 Å². The topological polar surface area (TPSA) is 20.2 Å². The monoisotopic (exact) mass is 162 g/mol. The Bertz CT molecular complexity index is 195. The molecular weight excluding hydrogens is 156 g/mol. The molecule has 0 bridgehead atoms. The highest BCUT2D eigenvalue weighted by molar-refractivity contribution is 7.10. The lowest BCUT2D eigenvalue weighted by Gasteiger charge is -1.98. The van der Waals surface area contributed by atoms with E-state index in [2.05, 4.69) is 0 Å². The van der Waals surface area contributed by atoms with E-state index >= 15 is 0 Å². The summed E-state index contributed by atoms with van der Waals surface area (Å²) in [7, 11) is 0. The maximum Gasteiger partial charge on any atom is 0.0868 e. The van der Waals surface area contributed by atoms with Gasteiger partial charge in [-0.15, -0.1) is 11.3 Å². The van der Waals surface area contributed by atoms with Crippen LogP contribution < -0.4 is 0 Å². The fourth-order valence-corrected chi connectivity index (χ4v) is 1.76. The maximum atomic E-state index is 9.02. The Hall–Kier alpha value is -0.0500. The van der Waals surface area contributed by atoms with E-state index < -0.39 is 6.10 Å². The van der Waals surface area contributed by atoms with Crippen LogP contribution in [0.1, 0.15) is 17.9 Å². The normalized spacial score (nSPS) is 13.7. The minimum atomic E-state index is -0.433. The SMILES string of the molecule is C[C@H](O)c1sccc1Cl. The summed E-state index contributed by atoms with van der Waals surface area (Å²) in [6.45, 7) is 1.71. The number of aliphatic hydroxyl groups excluding tert-OH is 1. The zero-order valence-electron chi connectivity index (χ0n) is 4.97. The van der Waals surface area contributed by atoms with Crippen molar-refractivity contribution < 1.29 is 5.11 Å². The third-order valence-electron chi connectivity index (χ3n) is 1.02. The smallest absolute Gasteiger partial charge is 0.0868 e. The van der Waals surface area contributed by atoms with Crippen LogP contribution in [0.15, 0.2) is 11.4 Å². The van der Waals surface area contributed by atoms with Crippen LogP contribution in [0, 0.1) is 0 Å². The molecular formula is C6H7ClOS. The van der Waals surface area contributed by atoms with Crippen LogP contribution >= 0.6 is 22.9 Å². The number of hydrogen-bond donors (Lipinski definition) is 1. The van der Waals surface area contributed by atoms with E-state index in [1.807, 2.05) is 5.38 Å². The molecule has 1 rings (SSSR count). The second-order valence-corrected chi connectivity index (χ2v) is 3.16. The van der Waals surface area contributed by atoms with E-state index in [1.54, 1.807) is 13.0 Å². The molecule has 0 saturated heterocycles. The maximum absolute atomic E-state index is 9.02. The number of rotatable bonds is 1. The van der Waals surface area contributed by atoms with E-state index in [1.165, 1.54) is 11.3 Å². The molecule has 0 spiro atoms. The predicted molar refractivity (Wildman–Crippen MR) is 40.0 cm³/mol. The van der Waals surface area contributed by atoms with Crippen molar-refractivity contribution in [2.24, 2.45) is 0 Å². The molecule has 1 aromatic heterocycles. The van der Waals surface area contributed by atoms with E-state index in [-0.39, 0.29) is 0 Å². The van der Waals surface area contributed by atoms with Gasteiger partial charge in [0.2, 0.25) is 0 Å². The first kappa shape index (κ1) is 7.06. The summed E-state index contributed by atoms with van der Waals surface area (Å²) in [5.41, 5.74) is 0. The van der Waals surface area contributed by atoms with Gasteiger partial charge in [0.1, 0.15) is 0 Å². The Morgan fingerprint density at radius 1 is 1.78 bits per heavy atom. The number of hydrogen-bond acceptors (Lipinski definition) is 2. The molecule has 0 aliphatic heterocycles. The number of aliphatic hydroxyl groups is 1. The van der Waals surface area contributed by atoms with Crippen molar-refractivity contribution in [1.82, 2.24) is 0 Å². The minimum absolute atomic E-state index is 0.433. The van der Waals surface area contributed by atoms with Gasteiger partial charge in [0.25, 0.3) is 0 Å². The summed E-state index contributed by atoms with van der Waals surface area (Å²) >= 11 is 7.16. The van der Waals surface area contributed by atoms with Crippen LogP contribution in [-0.2, 0) is 0 Å². The minimum Gasteiger partial charge on any atom is -0.388 e. The van der Waals surface area contributed by atoms with Crippen molar-refractivity contribution in [2.45, 2.75) is 13.0 Å². The largest absolute Gasteiger partial charge is 0.388 e. The average Bonchev–Trinajstić information content (AvgIpc) is 2.13. The Balaban J connectivity index is 2.94. The molecule has 3 heteroatoms. The molecule has 1 nitrogen and oxygen atoms in total. The standard InChI is InChI=1S/C6H7ClOS/c1-4(8)6-5(7)2-3-9-6/h2-4,8H,1H3/t4-/m0/s1. The van der Waals surface area contributed by atoms with E-state index in [9.17, 15) is 0 Å². The van der Waals surface area contributed by atoms with E-state index in [0.717, 1.165) is 4.88 Å². The summed E-state index contributed by atoms with van der Waals surface area (Å²) in [6.07, 6.45) is -0.433. The summed E-state index contributed by atoms with van der Waals surface area (Å²) in [5.74, 6) is 0. The molecule has 1 N–H and O–H groups in total. The highest BCUT2D eigenvalue weighted by Crippen LogP contribution is 2.27. The van der Waals surface area contributed by atoms with Crippen molar-refractivity contribution in [1.29, 1.82) is 0 Å². The van der Waals surface area contributed by atoms with Crippen LogP contribution in [-0.4, -0.2) is 5.11 Å². The molecule has 9 heavy (non-hydrogen) atoms. The van der Waals surface area contributed by atoms with Gasteiger partial charge < -0.3 is 5.11 Å². The Morgan fingerprint density at radius 3 is 2.67 bits per heavy atom. The van der Waals surface area contributed by atoms with Crippen LogP contribution in [0.25, 0.3) is 0 Å². The molecule has 1 heterocycles. The van der Waals surface area contributed by atoms with Crippen molar-refractivity contribution in [3.05, 3.63) is 21.3 Å². The third kappa shape index (κ3) is 1.45. The molecule has 0 aromatic carbocycles. The van der Waals surface area contributed by atoms with Crippen LogP contribution in [0.2, 0.25) is 5.02 Å². The summed E-state index contributed by atoms with van der Waals surface area (Å²) < 4.78 is 0. The van der Waals surface area contributed by atoms with Crippen LogP contribution in [0.3, 0.4) is 0 Å². The molecule has 1 atom stereocenters. The van der Waals surface area contributed by atoms with Gasteiger partial charge in [-0.2, -0.15) is 0 Å². The van der Waals surface area contributed by atoms with Crippen molar-refractivity contribution in [2.75, 3.05) is 0 Å². The molecule has 0 aliphatic carbocycles. The first-order chi connectivity index (χ1) is 4.22. The van der Waals surface area contributed by atoms with Gasteiger partial charge in [0, 0.05) is 0 Å². The average molecular weight is 163 g/mol. The number of thiophene rings is 1. The third-order valence-corrected chi connectivity index (χ3v) is 2.55. The molecule has 1 aromatic rings. The quantitative estimate of drug-likeness (QED) is 0.673. The molecule has 0 radical (unpaired) electrons. The second kappa shape index (κ2) is 2.69. The molecule has 0 aliphatic rings. The first-order valence-corrected chi connectivity index (χ1v) is 3.88. The van der Waals surface area contributed by atoms with Crippen molar-refractivity contribution >= 4 is 22.9 Å². The molecule has 0 saturated carbocycles. The molecule has 0 fully saturated rings. The van der Waals surface area contributed by atoms with Crippen LogP contribution in [0.4, 0.5) is 0 Å². The highest BCUT2D eigenvalue weighted by Gasteiger charge is 2.05. The molecule has 0 amide bonds. The molecule has 0 unspecified atom stereocenters. The van der Waals surface area contributed by atoms with Gasteiger partial charge >= 0.3 is 0 Å². The van der Waals surface area contributed by atoms with Crippen LogP contribution in [0.5, 0.6) is 0 Å². The zero-order chi connectivity index (χ0) is 6.85. The number of halogens is 1. The van der Waals surface area contributed by atoms with Gasteiger partial charge in [0.05, 0.1) is 16.0 Å². The second-order valence-electron chi connectivity index (χ2n) is 1.81. The Morgan fingerprint density at radius 2 is 2.44 bits per heavy atom. The van der Waals surface area contributed by atoms with Crippen molar-refractivity contribution in [3.8, 4) is 0 Å². The lowest BCUT2D eigenvalue weighted by Crippen LogP contribution is -1.84. The lowest BCUT2D eigenvalue weighted by atomic mass is 10.3. The van der Waals surface area contributed by atoms with Gasteiger partial charge in [-0.25, -0.2) is 0 Å².